The van der Waals surface area contributed by atoms with Crippen molar-refractivity contribution >= 4 is 11.0 Å². The molecule has 6 heteroatoms. The fraction of sp³-hybridized carbons (Fsp3) is 0.429. The van der Waals surface area contributed by atoms with Gasteiger partial charge in [0, 0.05) is 24.8 Å². The fourth-order valence-corrected chi connectivity index (χ4v) is 4.12. The van der Waals surface area contributed by atoms with E-state index >= 15 is 0 Å². The van der Waals surface area contributed by atoms with E-state index in [9.17, 15) is 9.90 Å². The Hall–Kier alpha value is -2.44. The molecule has 1 aromatic carbocycles. The van der Waals surface area contributed by atoms with E-state index in [4.69, 9.17) is 0 Å². The minimum atomic E-state index is -0.890. The van der Waals surface area contributed by atoms with Gasteiger partial charge in [-0.15, -0.1) is 0 Å². The van der Waals surface area contributed by atoms with Crippen molar-refractivity contribution in [3.05, 3.63) is 64.8 Å². The normalized spacial score (nSPS) is 22.6. The largest absolute Gasteiger partial charge is 0.384 e. The van der Waals surface area contributed by atoms with Crippen LogP contribution in [-0.2, 0) is 5.60 Å². The zero-order valence-electron chi connectivity index (χ0n) is 15.6. The Balaban J connectivity index is 1.38. The zero-order chi connectivity index (χ0) is 18.9. The minimum Gasteiger partial charge on any atom is -0.384 e. The molecule has 0 bridgehead atoms. The third kappa shape index (κ3) is 3.68. The molecule has 0 spiro atoms. The van der Waals surface area contributed by atoms with E-state index in [-0.39, 0.29) is 11.7 Å². The molecule has 3 N–H and O–H groups in total. The van der Waals surface area contributed by atoms with Gasteiger partial charge in [-0.25, -0.2) is 4.79 Å². The number of nitrogens with one attached hydrogen (secondary N) is 2. The molecule has 1 atom stereocenters. The maximum absolute atomic E-state index is 12.4. The summed E-state index contributed by atoms with van der Waals surface area (Å²) in [6, 6.07) is 12.2. The third-order valence-corrected chi connectivity index (χ3v) is 5.71. The number of fused-ring (bicyclic) bond motifs is 1. The molecule has 0 saturated heterocycles. The molecule has 142 valence electrons. The maximum Gasteiger partial charge on any atom is 0.326 e. The van der Waals surface area contributed by atoms with Crippen molar-refractivity contribution in [1.29, 1.82) is 0 Å². The highest BCUT2D eigenvalue weighted by Gasteiger charge is 2.28. The monoisotopic (exact) mass is 366 g/mol. The summed E-state index contributed by atoms with van der Waals surface area (Å²) in [6.45, 7) is 2.37. The first-order valence-corrected chi connectivity index (χ1v) is 9.60. The Labute approximate surface area is 158 Å². The molecule has 2 heterocycles. The number of nitrogens with zero attached hydrogens (tertiary/aromatic N) is 2. The van der Waals surface area contributed by atoms with Crippen LogP contribution in [0.4, 0.5) is 0 Å². The number of rotatable bonds is 5. The SMILES string of the molecule is CC(O)(CN[C@H]1CC[C@H](n2c(=O)[nH]c3cnccc32)CC1)c1ccccc1. The van der Waals surface area contributed by atoms with Crippen molar-refractivity contribution < 1.29 is 5.11 Å². The van der Waals surface area contributed by atoms with Crippen molar-refractivity contribution in [1.82, 2.24) is 19.9 Å². The molecular formula is C21H26N4O2. The van der Waals surface area contributed by atoms with Gasteiger partial charge in [0.2, 0.25) is 0 Å². The number of imidazole rings is 1. The lowest BCUT2D eigenvalue weighted by molar-refractivity contribution is 0.0515. The Bertz CT molecular complexity index is 953. The number of hydrogen-bond donors (Lipinski definition) is 3. The van der Waals surface area contributed by atoms with Gasteiger partial charge in [-0.3, -0.25) is 9.55 Å². The molecule has 27 heavy (non-hydrogen) atoms. The number of benzene rings is 1. The van der Waals surface area contributed by atoms with E-state index in [1.54, 1.807) is 12.4 Å². The summed E-state index contributed by atoms with van der Waals surface area (Å²) in [7, 11) is 0. The van der Waals surface area contributed by atoms with Gasteiger partial charge in [-0.1, -0.05) is 30.3 Å². The standard InChI is InChI=1S/C21H26N4O2/c1-21(27,15-5-3-2-4-6-15)14-23-16-7-9-17(10-8-16)25-19-11-12-22-13-18(19)24-20(25)26/h2-6,11-13,16-17,23,27H,7-10,14H2,1H3,(H,24,26)/t16-,17-,21?. The average molecular weight is 366 g/mol. The number of aromatic amines is 1. The second-order valence-corrected chi connectivity index (χ2v) is 7.72. The van der Waals surface area contributed by atoms with Crippen LogP contribution in [0, 0.1) is 0 Å². The highest BCUT2D eigenvalue weighted by Crippen LogP contribution is 2.30. The Kier molecular flexibility index (Phi) is 4.85. The predicted molar refractivity (Wildman–Crippen MR) is 106 cm³/mol. The van der Waals surface area contributed by atoms with Crippen LogP contribution in [0.3, 0.4) is 0 Å². The highest BCUT2D eigenvalue weighted by atomic mass is 16.3. The van der Waals surface area contributed by atoms with Gasteiger partial charge < -0.3 is 15.4 Å². The van der Waals surface area contributed by atoms with Crippen LogP contribution in [0.15, 0.2) is 53.6 Å². The van der Waals surface area contributed by atoms with Crippen molar-refractivity contribution in [2.24, 2.45) is 0 Å². The van der Waals surface area contributed by atoms with Crippen LogP contribution < -0.4 is 11.0 Å². The number of pyridine rings is 1. The number of aromatic nitrogens is 3. The van der Waals surface area contributed by atoms with Crippen molar-refractivity contribution in [2.75, 3.05) is 6.54 Å². The summed E-state index contributed by atoms with van der Waals surface area (Å²) in [5.74, 6) is 0. The molecule has 4 rings (SSSR count). The van der Waals surface area contributed by atoms with E-state index in [2.05, 4.69) is 15.3 Å². The maximum atomic E-state index is 12.4. The van der Waals surface area contributed by atoms with Gasteiger partial charge in [0.15, 0.2) is 0 Å². The first-order valence-electron chi connectivity index (χ1n) is 9.60. The highest BCUT2D eigenvalue weighted by molar-refractivity contribution is 5.73. The Morgan fingerprint density at radius 3 is 2.70 bits per heavy atom. The van der Waals surface area contributed by atoms with Gasteiger partial charge >= 0.3 is 5.69 Å². The van der Waals surface area contributed by atoms with E-state index in [1.165, 1.54) is 0 Å². The minimum absolute atomic E-state index is 0.0542. The van der Waals surface area contributed by atoms with E-state index in [0.29, 0.717) is 12.6 Å². The average Bonchev–Trinajstić information content (AvgIpc) is 3.03. The molecular weight excluding hydrogens is 340 g/mol. The van der Waals surface area contributed by atoms with Gasteiger partial charge in [-0.2, -0.15) is 0 Å². The second-order valence-electron chi connectivity index (χ2n) is 7.72. The Morgan fingerprint density at radius 1 is 1.22 bits per heavy atom. The molecule has 1 aliphatic rings. The van der Waals surface area contributed by atoms with Gasteiger partial charge in [0.05, 0.1) is 22.8 Å². The van der Waals surface area contributed by atoms with E-state index < -0.39 is 5.60 Å². The molecule has 1 unspecified atom stereocenters. The van der Waals surface area contributed by atoms with Crippen molar-refractivity contribution in [2.45, 2.75) is 50.3 Å². The van der Waals surface area contributed by atoms with Crippen molar-refractivity contribution in [3.63, 3.8) is 0 Å². The molecule has 1 saturated carbocycles. The quantitative estimate of drug-likeness (QED) is 0.648. The fourth-order valence-electron chi connectivity index (χ4n) is 4.12. The van der Waals surface area contributed by atoms with Crippen LogP contribution in [-0.4, -0.2) is 32.2 Å². The van der Waals surface area contributed by atoms with E-state index in [0.717, 1.165) is 42.3 Å². The summed E-state index contributed by atoms with van der Waals surface area (Å²) in [5, 5.41) is 14.3. The summed E-state index contributed by atoms with van der Waals surface area (Å²) in [5.41, 5.74) is 1.70. The topological polar surface area (TPSA) is 82.9 Å². The molecule has 6 nitrogen and oxygen atoms in total. The molecule has 1 fully saturated rings. The first kappa shape index (κ1) is 17.9. The zero-order valence-corrected chi connectivity index (χ0v) is 15.6. The molecule has 0 radical (unpaired) electrons. The summed E-state index contributed by atoms with van der Waals surface area (Å²) in [4.78, 5) is 19.3. The van der Waals surface area contributed by atoms with Crippen LogP contribution in [0.1, 0.15) is 44.2 Å². The molecule has 0 aliphatic heterocycles. The molecule has 0 amide bonds. The van der Waals surface area contributed by atoms with Crippen LogP contribution in [0.25, 0.3) is 11.0 Å². The third-order valence-electron chi connectivity index (χ3n) is 5.71. The van der Waals surface area contributed by atoms with Crippen LogP contribution >= 0.6 is 0 Å². The van der Waals surface area contributed by atoms with Crippen LogP contribution in [0.5, 0.6) is 0 Å². The number of aliphatic hydroxyl groups is 1. The summed E-state index contributed by atoms with van der Waals surface area (Å²) < 4.78 is 1.88. The van der Waals surface area contributed by atoms with Crippen molar-refractivity contribution in [3.8, 4) is 0 Å². The molecule has 3 aromatic rings. The molecule has 1 aliphatic carbocycles. The number of hydrogen-bond acceptors (Lipinski definition) is 4. The molecule has 2 aromatic heterocycles. The Morgan fingerprint density at radius 2 is 1.96 bits per heavy atom. The summed E-state index contributed by atoms with van der Waals surface area (Å²) >= 11 is 0. The second kappa shape index (κ2) is 7.29. The lowest BCUT2D eigenvalue weighted by Gasteiger charge is -2.32. The first-order chi connectivity index (χ1) is 13.0. The lowest BCUT2D eigenvalue weighted by atomic mass is 9.89. The lowest BCUT2D eigenvalue weighted by Crippen LogP contribution is -2.42. The van der Waals surface area contributed by atoms with Gasteiger partial charge in [0.25, 0.3) is 0 Å². The summed E-state index contributed by atoms with van der Waals surface area (Å²) in [6.07, 6.45) is 7.29. The predicted octanol–water partition coefficient (Wildman–Crippen LogP) is 2.71. The van der Waals surface area contributed by atoms with Gasteiger partial charge in [-0.05, 0) is 44.2 Å². The smallest absolute Gasteiger partial charge is 0.326 e. The van der Waals surface area contributed by atoms with Gasteiger partial charge in [0.1, 0.15) is 0 Å². The number of H-pyrrole nitrogens is 1. The van der Waals surface area contributed by atoms with E-state index in [1.807, 2.05) is 47.9 Å². The van der Waals surface area contributed by atoms with Crippen LogP contribution in [0.2, 0.25) is 0 Å².